The molecule has 17 heavy (non-hydrogen) atoms. The van der Waals surface area contributed by atoms with Gasteiger partial charge in [-0.3, -0.25) is 4.79 Å². The van der Waals surface area contributed by atoms with Crippen LogP contribution in [-0.2, 0) is 0 Å². The molecule has 0 aliphatic heterocycles. The minimum atomic E-state index is -0.169. The maximum Gasteiger partial charge on any atom is 0.255 e. The first-order chi connectivity index (χ1) is 8.08. The van der Waals surface area contributed by atoms with Crippen LogP contribution in [0, 0.1) is 0 Å². The first-order valence-corrected chi connectivity index (χ1v) is 6.78. The van der Waals surface area contributed by atoms with E-state index in [1.54, 1.807) is 18.2 Å². The third-order valence-electron chi connectivity index (χ3n) is 2.33. The van der Waals surface area contributed by atoms with Gasteiger partial charge in [-0.2, -0.15) is 0 Å². The zero-order valence-corrected chi connectivity index (χ0v) is 12.1. The van der Waals surface area contributed by atoms with Crippen LogP contribution < -0.4 is 10.1 Å². The highest BCUT2D eigenvalue weighted by molar-refractivity contribution is 9.09. The van der Waals surface area contributed by atoms with E-state index in [2.05, 4.69) is 21.2 Å². The van der Waals surface area contributed by atoms with E-state index >= 15 is 0 Å². The highest BCUT2D eigenvalue weighted by atomic mass is 79.9. The Balaban J connectivity index is 2.83. The van der Waals surface area contributed by atoms with Gasteiger partial charge in [-0.15, -0.1) is 0 Å². The van der Waals surface area contributed by atoms with E-state index in [1.165, 1.54) is 7.11 Å². The molecular weight excluding hydrogens is 305 g/mol. The summed E-state index contributed by atoms with van der Waals surface area (Å²) in [6.07, 6.45) is 0.870. The van der Waals surface area contributed by atoms with E-state index in [4.69, 9.17) is 16.3 Å². The van der Waals surface area contributed by atoms with E-state index in [1.807, 2.05) is 6.92 Å². The molecule has 0 heterocycles. The molecule has 0 spiro atoms. The number of benzene rings is 1. The van der Waals surface area contributed by atoms with Gasteiger partial charge in [0.15, 0.2) is 0 Å². The van der Waals surface area contributed by atoms with Crippen molar-refractivity contribution in [2.24, 2.45) is 0 Å². The number of carbonyl (C=O) groups is 1. The smallest absolute Gasteiger partial charge is 0.255 e. The molecule has 5 heteroatoms. The molecule has 1 aromatic carbocycles. The average Bonchev–Trinajstić information content (AvgIpc) is 2.29. The summed E-state index contributed by atoms with van der Waals surface area (Å²) >= 11 is 9.21. The predicted octanol–water partition coefficient (Wildman–Crippen LogP) is 3.25. The molecule has 0 aliphatic carbocycles. The van der Waals surface area contributed by atoms with Gasteiger partial charge in [0, 0.05) is 16.4 Å². The van der Waals surface area contributed by atoms with Crippen LogP contribution in [0.1, 0.15) is 23.7 Å². The van der Waals surface area contributed by atoms with Crippen LogP contribution in [0.5, 0.6) is 5.75 Å². The van der Waals surface area contributed by atoms with E-state index in [0.29, 0.717) is 16.3 Å². The molecule has 1 amide bonds. The highest BCUT2D eigenvalue weighted by Crippen LogP contribution is 2.22. The molecule has 0 saturated carbocycles. The Labute approximate surface area is 115 Å². The molecule has 0 fully saturated rings. The monoisotopic (exact) mass is 319 g/mol. The van der Waals surface area contributed by atoms with Gasteiger partial charge in [-0.25, -0.2) is 0 Å². The Morgan fingerprint density at radius 2 is 2.29 bits per heavy atom. The van der Waals surface area contributed by atoms with Crippen LogP contribution in [0.2, 0.25) is 5.02 Å². The number of methoxy groups -OCH3 is 1. The summed E-state index contributed by atoms with van der Waals surface area (Å²) in [7, 11) is 1.53. The van der Waals surface area contributed by atoms with Crippen molar-refractivity contribution >= 4 is 33.4 Å². The number of hydrogen-bond donors (Lipinski definition) is 1. The molecule has 0 saturated heterocycles. The Morgan fingerprint density at radius 3 is 2.88 bits per heavy atom. The van der Waals surface area contributed by atoms with E-state index in [-0.39, 0.29) is 11.9 Å². The third-order valence-corrected chi connectivity index (χ3v) is 3.02. The summed E-state index contributed by atoms with van der Waals surface area (Å²) < 4.78 is 5.13. The standard InChI is InChI=1S/C12H15BrClNO2/c1-8(5-6-13)15-12(16)10-7-9(14)3-4-11(10)17-2/h3-4,7-8H,5-6H2,1-2H3,(H,15,16). The maximum absolute atomic E-state index is 12.0. The quantitative estimate of drug-likeness (QED) is 0.846. The number of carbonyl (C=O) groups excluding carboxylic acids is 1. The van der Waals surface area contributed by atoms with Crippen LogP contribution in [0.3, 0.4) is 0 Å². The van der Waals surface area contributed by atoms with Crippen LogP contribution in [0.4, 0.5) is 0 Å². The topological polar surface area (TPSA) is 38.3 Å². The second-order valence-corrected chi connectivity index (χ2v) is 4.93. The average molecular weight is 321 g/mol. The Hall–Kier alpha value is -0.740. The van der Waals surface area contributed by atoms with Crippen LogP contribution in [-0.4, -0.2) is 24.4 Å². The van der Waals surface area contributed by atoms with Gasteiger partial charge in [0.1, 0.15) is 5.75 Å². The summed E-state index contributed by atoms with van der Waals surface area (Å²) in [6, 6.07) is 5.09. The summed E-state index contributed by atoms with van der Waals surface area (Å²) in [6.45, 7) is 1.95. The summed E-state index contributed by atoms with van der Waals surface area (Å²) in [5.74, 6) is 0.357. The minimum absolute atomic E-state index is 0.102. The third kappa shape index (κ3) is 4.21. The van der Waals surface area contributed by atoms with E-state index in [0.717, 1.165) is 11.8 Å². The molecule has 0 bridgehead atoms. The Kier molecular flexibility index (Phi) is 5.78. The van der Waals surface area contributed by atoms with Crippen LogP contribution in [0.25, 0.3) is 0 Å². The maximum atomic E-state index is 12.0. The molecule has 0 radical (unpaired) electrons. The van der Waals surface area contributed by atoms with Crippen molar-refractivity contribution in [3.05, 3.63) is 28.8 Å². The summed E-state index contributed by atoms with van der Waals surface area (Å²) in [4.78, 5) is 12.0. The number of rotatable bonds is 5. The van der Waals surface area contributed by atoms with Gasteiger partial charge >= 0.3 is 0 Å². The van der Waals surface area contributed by atoms with Crippen molar-refractivity contribution in [1.29, 1.82) is 0 Å². The number of hydrogen-bond acceptors (Lipinski definition) is 2. The normalized spacial score (nSPS) is 12.0. The van der Waals surface area contributed by atoms with Crippen molar-refractivity contribution in [3.63, 3.8) is 0 Å². The molecule has 1 aromatic rings. The zero-order chi connectivity index (χ0) is 12.8. The number of nitrogens with one attached hydrogen (secondary N) is 1. The van der Waals surface area contributed by atoms with Crippen LogP contribution >= 0.6 is 27.5 Å². The number of amides is 1. The lowest BCUT2D eigenvalue weighted by Crippen LogP contribution is -2.33. The van der Waals surface area contributed by atoms with Gasteiger partial charge in [0.25, 0.3) is 5.91 Å². The van der Waals surface area contributed by atoms with Crippen molar-refractivity contribution in [3.8, 4) is 5.75 Å². The first-order valence-electron chi connectivity index (χ1n) is 5.29. The molecule has 1 rings (SSSR count). The van der Waals surface area contributed by atoms with E-state index in [9.17, 15) is 4.79 Å². The highest BCUT2D eigenvalue weighted by Gasteiger charge is 2.14. The van der Waals surface area contributed by atoms with Gasteiger partial charge in [-0.05, 0) is 31.5 Å². The lowest BCUT2D eigenvalue weighted by atomic mass is 10.1. The SMILES string of the molecule is COc1ccc(Cl)cc1C(=O)NC(C)CCBr. The van der Waals surface area contributed by atoms with Gasteiger partial charge in [0.2, 0.25) is 0 Å². The summed E-state index contributed by atoms with van der Waals surface area (Å²) in [5.41, 5.74) is 0.460. The van der Waals surface area contributed by atoms with Gasteiger partial charge in [-0.1, -0.05) is 27.5 Å². The van der Waals surface area contributed by atoms with Crippen molar-refractivity contribution in [1.82, 2.24) is 5.32 Å². The Morgan fingerprint density at radius 1 is 1.59 bits per heavy atom. The fourth-order valence-electron chi connectivity index (χ4n) is 1.40. The number of alkyl halides is 1. The van der Waals surface area contributed by atoms with Crippen molar-refractivity contribution < 1.29 is 9.53 Å². The molecular formula is C12H15BrClNO2. The second kappa shape index (κ2) is 6.87. The summed E-state index contributed by atoms with van der Waals surface area (Å²) in [5, 5.41) is 4.26. The molecule has 0 aliphatic rings. The molecule has 1 atom stereocenters. The molecule has 94 valence electrons. The van der Waals surface area contributed by atoms with Gasteiger partial charge < -0.3 is 10.1 Å². The molecule has 3 nitrogen and oxygen atoms in total. The first kappa shape index (κ1) is 14.3. The molecule has 1 unspecified atom stereocenters. The van der Waals surface area contributed by atoms with Gasteiger partial charge in [0.05, 0.1) is 12.7 Å². The largest absolute Gasteiger partial charge is 0.496 e. The minimum Gasteiger partial charge on any atom is -0.496 e. The zero-order valence-electron chi connectivity index (χ0n) is 9.80. The molecule has 0 aromatic heterocycles. The predicted molar refractivity (Wildman–Crippen MR) is 73.3 cm³/mol. The number of halogens is 2. The Bertz CT molecular complexity index is 398. The van der Waals surface area contributed by atoms with E-state index < -0.39 is 0 Å². The fraction of sp³-hybridized carbons (Fsp3) is 0.417. The fourth-order valence-corrected chi connectivity index (χ4v) is 2.25. The number of ether oxygens (including phenoxy) is 1. The second-order valence-electron chi connectivity index (χ2n) is 3.70. The lowest BCUT2D eigenvalue weighted by molar-refractivity contribution is 0.0936. The molecule has 1 N–H and O–H groups in total. The van der Waals surface area contributed by atoms with Crippen molar-refractivity contribution in [2.75, 3.05) is 12.4 Å². The van der Waals surface area contributed by atoms with Crippen LogP contribution in [0.15, 0.2) is 18.2 Å². The lowest BCUT2D eigenvalue weighted by Gasteiger charge is -2.14. The van der Waals surface area contributed by atoms with Crippen molar-refractivity contribution in [2.45, 2.75) is 19.4 Å².